The molecule has 5 heteroatoms. The van der Waals surface area contributed by atoms with Crippen LogP contribution < -0.4 is 15.4 Å². The average molecular weight is 407 g/mol. The van der Waals surface area contributed by atoms with Crippen molar-refractivity contribution in [1.82, 2.24) is 0 Å². The molecule has 2 heterocycles. The maximum atomic E-state index is 12.7. The Hall–Kier alpha value is -4.04. The molecule has 31 heavy (non-hydrogen) atoms. The van der Waals surface area contributed by atoms with Crippen molar-refractivity contribution in [2.45, 2.75) is 0 Å². The number of para-hydroxylation sites is 1. The molecule has 0 aliphatic carbocycles. The minimum absolute atomic E-state index is 0.0668. The van der Waals surface area contributed by atoms with Crippen LogP contribution in [0.2, 0.25) is 0 Å². The fourth-order valence-electron chi connectivity index (χ4n) is 4.25. The monoisotopic (exact) mass is 407 g/mol. The van der Waals surface area contributed by atoms with Crippen LogP contribution >= 0.6 is 0 Å². The SMILES string of the molecule is N#Cc1c(N2CCN(c3ccccc3)CC2)cc(-c2cccc3ccccc23)oc1=O. The minimum atomic E-state index is -0.589. The summed E-state index contributed by atoms with van der Waals surface area (Å²) in [5.41, 5.74) is 2.16. The average Bonchev–Trinajstić information content (AvgIpc) is 2.84. The van der Waals surface area contributed by atoms with E-state index in [4.69, 9.17) is 4.42 Å². The van der Waals surface area contributed by atoms with E-state index < -0.39 is 5.63 Å². The summed E-state index contributed by atoms with van der Waals surface area (Å²) in [7, 11) is 0. The van der Waals surface area contributed by atoms with E-state index in [1.54, 1.807) is 0 Å². The predicted molar refractivity (Wildman–Crippen MR) is 124 cm³/mol. The highest BCUT2D eigenvalue weighted by atomic mass is 16.4. The summed E-state index contributed by atoms with van der Waals surface area (Å²) < 4.78 is 5.60. The van der Waals surface area contributed by atoms with Gasteiger partial charge < -0.3 is 14.2 Å². The summed E-state index contributed by atoms with van der Waals surface area (Å²) in [5, 5.41) is 11.7. The lowest BCUT2D eigenvalue weighted by Gasteiger charge is -2.37. The summed E-state index contributed by atoms with van der Waals surface area (Å²) in [4.78, 5) is 17.1. The molecule has 0 N–H and O–H groups in total. The van der Waals surface area contributed by atoms with Crippen LogP contribution in [0.15, 0.2) is 88.1 Å². The molecule has 5 rings (SSSR count). The molecule has 1 fully saturated rings. The Morgan fingerprint density at radius 1 is 0.806 bits per heavy atom. The van der Waals surface area contributed by atoms with Crippen LogP contribution in [0.5, 0.6) is 0 Å². The van der Waals surface area contributed by atoms with Crippen LogP contribution in [-0.4, -0.2) is 26.2 Å². The lowest BCUT2D eigenvalue weighted by atomic mass is 10.0. The third-order valence-corrected chi connectivity index (χ3v) is 5.84. The minimum Gasteiger partial charge on any atom is -0.422 e. The van der Waals surface area contributed by atoms with Crippen LogP contribution in [0, 0.1) is 11.3 Å². The Morgan fingerprint density at radius 3 is 2.26 bits per heavy atom. The zero-order valence-electron chi connectivity index (χ0n) is 17.0. The van der Waals surface area contributed by atoms with Crippen molar-refractivity contribution in [3.05, 3.63) is 94.8 Å². The van der Waals surface area contributed by atoms with Crippen molar-refractivity contribution in [1.29, 1.82) is 5.26 Å². The third-order valence-electron chi connectivity index (χ3n) is 5.84. The Bertz CT molecular complexity index is 1330. The van der Waals surface area contributed by atoms with Crippen molar-refractivity contribution >= 4 is 22.1 Å². The van der Waals surface area contributed by atoms with Crippen LogP contribution in [-0.2, 0) is 0 Å². The molecule has 0 unspecified atom stereocenters. The Kier molecular flexibility index (Phi) is 4.89. The second-order valence-corrected chi connectivity index (χ2v) is 7.61. The number of hydrogen-bond acceptors (Lipinski definition) is 5. The normalized spacial score (nSPS) is 13.9. The molecule has 0 bridgehead atoms. The maximum Gasteiger partial charge on any atom is 0.356 e. The van der Waals surface area contributed by atoms with Crippen molar-refractivity contribution < 1.29 is 4.42 Å². The van der Waals surface area contributed by atoms with Gasteiger partial charge in [-0.3, -0.25) is 0 Å². The van der Waals surface area contributed by atoms with Gasteiger partial charge in [0.2, 0.25) is 0 Å². The molecule has 0 amide bonds. The number of anilines is 2. The van der Waals surface area contributed by atoms with E-state index in [1.165, 1.54) is 5.69 Å². The largest absolute Gasteiger partial charge is 0.422 e. The lowest BCUT2D eigenvalue weighted by Crippen LogP contribution is -2.47. The number of nitrogens with zero attached hydrogens (tertiary/aromatic N) is 3. The summed E-state index contributed by atoms with van der Waals surface area (Å²) in [6.45, 7) is 3.08. The molecule has 1 aromatic heterocycles. The zero-order chi connectivity index (χ0) is 21.2. The number of piperazine rings is 1. The van der Waals surface area contributed by atoms with E-state index in [0.717, 1.165) is 42.5 Å². The lowest BCUT2D eigenvalue weighted by molar-refractivity contribution is 0.522. The standard InChI is InChI=1S/C26H21N3O2/c27-18-23-24(29-15-13-28(14-16-29)20-9-2-1-3-10-20)17-25(31-26(23)30)22-12-6-8-19-7-4-5-11-21(19)22/h1-12,17H,13-16H2. The molecular formula is C26H21N3O2. The molecule has 5 nitrogen and oxygen atoms in total. The van der Waals surface area contributed by atoms with E-state index in [0.29, 0.717) is 11.4 Å². The fourth-order valence-corrected chi connectivity index (χ4v) is 4.25. The molecule has 0 spiro atoms. The number of nitriles is 1. The van der Waals surface area contributed by atoms with Crippen molar-refractivity contribution in [3.63, 3.8) is 0 Å². The Balaban J connectivity index is 1.52. The first-order valence-corrected chi connectivity index (χ1v) is 10.4. The van der Waals surface area contributed by atoms with E-state index in [1.807, 2.05) is 66.7 Å². The maximum absolute atomic E-state index is 12.7. The third kappa shape index (κ3) is 3.53. The molecule has 1 saturated heterocycles. The van der Waals surface area contributed by atoms with Crippen molar-refractivity contribution in [2.24, 2.45) is 0 Å². The second-order valence-electron chi connectivity index (χ2n) is 7.61. The van der Waals surface area contributed by atoms with E-state index in [-0.39, 0.29) is 5.56 Å². The van der Waals surface area contributed by atoms with Gasteiger partial charge in [-0.2, -0.15) is 5.26 Å². The van der Waals surface area contributed by atoms with Gasteiger partial charge in [0, 0.05) is 43.5 Å². The van der Waals surface area contributed by atoms with Gasteiger partial charge in [-0.15, -0.1) is 0 Å². The van der Waals surface area contributed by atoms with E-state index in [2.05, 4.69) is 28.0 Å². The molecule has 0 saturated carbocycles. The first-order valence-electron chi connectivity index (χ1n) is 10.4. The topological polar surface area (TPSA) is 60.5 Å². The molecule has 4 aromatic rings. The second kappa shape index (κ2) is 8.00. The fraction of sp³-hybridized carbons (Fsp3) is 0.154. The molecule has 152 valence electrons. The highest BCUT2D eigenvalue weighted by Crippen LogP contribution is 2.32. The molecular weight excluding hydrogens is 386 g/mol. The molecule has 0 atom stereocenters. The smallest absolute Gasteiger partial charge is 0.356 e. The van der Waals surface area contributed by atoms with Gasteiger partial charge in [-0.1, -0.05) is 60.7 Å². The van der Waals surface area contributed by atoms with Gasteiger partial charge >= 0.3 is 5.63 Å². The molecule has 1 aliphatic heterocycles. The highest BCUT2D eigenvalue weighted by molar-refractivity contribution is 5.95. The Labute approximate surface area is 180 Å². The number of rotatable bonds is 3. The van der Waals surface area contributed by atoms with E-state index >= 15 is 0 Å². The summed E-state index contributed by atoms with van der Waals surface area (Å²) in [5.74, 6) is 0.487. The van der Waals surface area contributed by atoms with Gasteiger partial charge in [0.05, 0.1) is 5.69 Å². The van der Waals surface area contributed by atoms with Crippen LogP contribution in [0.3, 0.4) is 0 Å². The quantitative estimate of drug-likeness (QED) is 0.494. The van der Waals surface area contributed by atoms with Crippen LogP contribution in [0.25, 0.3) is 22.1 Å². The first kappa shape index (κ1) is 19.0. The van der Waals surface area contributed by atoms with Gasteiger partial charge in [0.25, 0.3) is 0 Å². The number of benzene rings is 3. The van der Waals surface area contributed by atoms with Crippen molar-refractivity contribution in [3.8, 4) is 17.4 Å². The molecule has 1 aliphatic rings. The summed E-state index contributed by atoms with van der Waals surface area (Å²) in [6, 6.07) is 28.1. The van der Waals surface area contributed by atoms with Gasteiger partial charge in [-0.05, 0) is 22.9 Å². The van der Waals surface area contributed by atoms with Gasteiger partial charge in [0.15, 0.2) is 5.56 Å². The number of fused-ring (bicyclic) bond motifs is 1. The summed E-state index contributed by atoms with van der Waals surface area (Å²) in [6.07, 6.45) is 0. The highest BCUT2D eigenvalue weighted by Gasteiger charge is 2.23. The van der Waals surface area contributed by atoms with Gasteiger partial charge in [-0.25, -0.2) is 4.79 Å². The first-order chi connectivity index (χ1) is 15.2. The van der Waals surface area contributed by atoms with Crippen LogP contribution in [0.4, 0.5) is 11.4 Å². The Morgan fingerprint density at radius 2 is 1.48 bits per heavy atom. The van der Waals surface area contributed by atoms with Crippen LogP contribution in [0.1, 0.15) is 5.56 Å². The zero-order valence-corrected chi connectivity index (χ0v) is 17.0. The summed E-state index contributed by atoms with van der Waals surface area (Å²) >= 11 is 0. The number of hydrogen-bond donors (Lipinski definition) is 0. The van der Waals surface area contributed by atoms with Gasteiger partial charge in [0.1, 0.15) is 11.8 Å². The molecule has 0 radical (unpaired) electrons. The predicted octanol–water partition coefficient (Wildman–Crippen LogP) is 4.66. The van der Waals surface area contributed by atoms with E-state index in [9.17, 15) is 10.1 Å². The molecule has 3 aromatic carbocycles. The van der Waals surface area contributed by atoms with Crippen molar-refractivity contribution in [2.75, 3.05) is 36.0 Å².